The number of ether oxygens (including phenoxy) is 1. The number of halogens is 2. The highest BCUT2D eigenvalue weighted by Crippen LogP contribution is 2.39. The number of rotatable bonds is 2. The fraction of sp³-hybridized carbons (Fsp3) is 0.571. The highest BCUT2D eigenvalue weighted by Gasteiger charge is 2.26. The van der Waals surface area contributed by atoms with Crippen LogP contribution in [0.2, 0.25) is 5.02 Å². The molecule has 1 heterocycles. The van der Waals surface area contributed by atoms with Gasteiger partial charge in [-0.3, -0.25) is 0 Å². The molecular formula is C14H17ClFNO. The molecule has 18 heavy (non-hydrogen) atoms. The van der Waals surface area contributed by atoms with Crippen LogP contribution in [0.5, 0.6) is 5.75 Å². The first-order valence-electron chi connectivity index (χ1n) is 6.62. The number of anilines is 1. The zero-order chi connectivity index (χ0) is 12.5. The first-order chi connectivity index (χ1) is 8.72. The fourth-order valence-corrected chi connectivity index (χ4v) is 3.24. The zero-order valence-electron chi connectivity index (χ0n) is 10.2. The van der Waals surface area contributed by atoms with Gasteiger partial charge in [0, 0.05) is 6.07 Å². The van der Waals surface area contributed by atoms with Crippen molar-refractivity contribution < 1.29 is 9.13 Å². The minimum Gasteiger partial charge on any atom is -0.485 e. The van der Waals surface area contributed by atoms with Gasteiger partial charge in [-0.15, -0.1) is 0 Å². The monoisotopic (exact) mass is 269 g/mol. The first-order valence-corrected chi connectivity index (χ1v) is 7.00. The Morgan fingerprint density at radius 2 is 2.11 bits per heavy atom. The molecule has 0 saturated heterocycles. The summed E-state index contributed by atoms with van der Waals surface area (Å²) in [5.74, 6) is 1.05. The van der Waals surface area contributed by atoms with E-state index in [9.17, 15) is 4.39 Å². The van der Waals surface area contributed by atoms with Crippen LogP contribution in [0.15, 0.2) is 12.1 Å². The van der Waals surface area contributed by atoms with Crippen LogP contribution in [0, 0.1) is 11.7 Å². The average molecular weight is 270 g/mol. The summed E-state index contributed by atoms with van der Waals surface area (Å²) < 4.78 is 19.1. The summed E-state index contributed by atoms with van der Waals surface area (Å²) in [7, 11) is 0. The largest absolute Gasteiger partial charge is 0.485 e. The molecule has 1 aromatic rings. The van der Waals surface area contributed by atoms with E-state index in [4.69, 9.17) is 16.3 Å². The van der Waals surface area contributed by atoms with Crippen LogP contribution in [-0.2, 0) is 0 Å². The molecule has 1 unspecified atom stereocenters. The van der Waals surface area contributed by atoms with E-state index in [0.29, 0.717) is 16.5 Å². The number of hydrogen-bond acceptors (Lipinski definition) is 2. The van der Waals surface area contributed by atoms with Crippen LogP contribution >= 0.6 is 11.6 Å². The van der Waals surface area contributed by atoms with Gasteiger partial charge in [0.05, 0.1) is 17.3 Å². The van der Waals surface area contributed by atoms with Crippen molar-refractivity contribution in [3.63, 3.8) is 0 Å². The number of benzene rings is 1. The number of nitrogens with one attached hydrogen (secondary N) is 1. The van der Waals surface area contributed by atoms with E-state index in [1.54, 1.807) is 0 Å². The molecule has 2 nitrogen and oxygen atoms in total. The van der Waals surface area contributed by atoms with Crippen molar-refractivity contribution in [2.75, 3.05) is 11.9 Å². The predicted octanol–water partition coefficient (Wildman–Crippen LogP) is 4.23. The van der Waals surface area contributed by atoms with Crippen LogP contribution in [0.4, 0.5) is 10.1 Å². The number of hydrogen-bond donors (Lipinski definition) is 1. The van der Waals surface area contributed by atoms with E-state index in [-0.39, 0.29) is 11.9 Å². The summed E-state index contributed by atoms with van der Waals surface area (Å²) in [5.41, 5.74) is 0.669. The van der Waals surface area contributed by atoms with Crippen molar-refractivity contribution in [1.82, 2.24) is 0 Å². The Labute approximate surface area is 111 Å². The summed E-state index contributed by atoms with van der Waals surface area (Å²) in [6, 6.07) is 2.74. The van der Waals surface area contributed by atoms with Crippen molar-refractivity contribution >= 4 is 17.3 Å². The lowest BCUT2D eigenvalue weighted by Crippen LogP contribution is -2.32. The van der Waals surface area contributed by atoms with Crippen molar-refractivity contribution in [1.29, 1.82) is 0 Å². The molecule has 0 radical (unpaired) electrons. The molecule has 0 aromatic heterocycles. The molecule has 1 aromatic carbocycles. The molecule has 1 fully saturated rings. The summed E-state index contributed by atoms with van der Waals surface area (Å²) in [5, 5.41) is 3.57. The smallest absolute Gasteiger partial charge is 0.161 e. The third-order valence-corrected chi connectivity index (χ3v) is 4.16. The second-order valence-corrected chi connectivity index (χ2v) is 5.68. The Balaban J connectivity index is 1.72. The van der Waals surface area contributed by atoms with Crippen molar-refractivity contribution in [3.8, 4) is 5.75 Å². The van der Waals surface area contributed by atoms with Gasteiger partial charge in [-0.25, -0.2) is 4.39 Å². The second kappa shape index (κ2) is 4.96. The fourth-order valence-electron chi connectivity index (χ4n) is 2.99. The van der Waals surface area contributed by atoms with E-state index in [2.05, 4.69) is 5.32 Å². The van der Waals surface area contributed by atoms with Gasteiger partial charge < -0.3 is 10.1 Å². The van der Waals surface area contributed by atoms with E-state index < -0.39 is 0 Å². The molecule has 1 atom stereocenters. The molecule has 0 amide bonds. The molecule has 1 aliphatic carbocycles. The molecule has 1 N–H and O–H groups in total. The molecule has 0 bridgehead atoms. The van der Waals surface area contributed by atoms with E-state index >= 15 is 0 Å². The lowest BCUT2D eigenvalue weighted by molar-refractivity contribution is 0.172. The van der Waals surface area contributed by atoms with Crippen LogP contribution in [0.3, 0.4) is 0 Å². The topological polar surface area (TPSA) is 21.3 Å². The lowest BCUT2D eigenvalue weighted by Gasteiger charge is -2.29. The Bertz CT molecular complexity index is 446. The maximum Gasteiger partial charge on any atom is 0.161 e. The summed E-state index contributed by atoms with van der Waals surface area (Å²) >= 11 is 6.02. The van der Waals surface area contributed by atoms with Gasteiger partial charge in [-0.1, -0.05) is 37.3 Å². The van der Waals surface area contributed by atoms with Gasteiger partial charge >= 0.3 is 0 Å². The Morgan fingerprint density at radius 3 is 2.89 bits per heavy atom. The van der Waals surface area contributed by atoms with Crippen molar-refractivity contribution in [2.45, 2.75) is 38.2 Å². The molecule has 3 rings (SSSR count). The van der Waals surface area contributed by atoms with Gasteiger partial charge in [0.1, 0.15) is 11.9 Å². The lowest BCUT2D eigenvalue weighted by atomic mass is 9.99. The van der Waals surface area contributed by atoms with E-state index in [1.807, 2.05) is 0 Å². The minimum absolute atomic E-state index is 0.156. The molecular weight excluding hydrogens is 253 g/mol. The van der Waals surface area contributed by atoms with Gasteiger partial charge in [-0.05, 0) is 18.4 Å². The van der Waals surface area contributed by atoms with Crippen LogP contribution in [-0.4, -0.2) is 12.6 Å². The van der Waals surface area contributed by atoms with Crippen molar-refractivity contribution in [3.05, 3.63) is 23.0 Å². The van der Waals surface area contributed by atoms with E-state index in [1.165, 1.54) is 37.8 Å². The Morgan fingerprint density at radius 1 is 1.33 bits per heavy atom. The highest BCUT2D eigenvalue weighted by molar-refractivity contribution is 6.32. The van der Waals surface area contributed by atoms with Gasteiger partial charge in [0.25, 0.3) is 0 Å². The summed E-state index contributed by atoms with van der Waals surface area (Å²) in [6.07, 6.45) is 6.53. The first kappa shape index (κ1) is 12.1. The van der Waals surface area contributed by atoms with Gasteiger partial charge in [-0.2, -0.15) is 0 Å². The summed E-state index contributed by atoms with van der Waals surface area (Å²) in [6.45, 7) is 0.739. The number of fused-ring (bicyclic) bond motifs is 1. The Hall–Kier alpha value is -0.960. The molecule has 98 valence electrons. The van der Waals surface area contributed by atoms with Crippen LogP contribution in [0.25, 0.3) is 0 Å². The summed E-state index contributed by atoms with van der Waals surface area (Å²) in [4.78, 5) is 0. The van der Waals surface area contributed by atoms with E-state index in [0.717, 1.165) is 18.9 Å². The Kier molecular flexibility index (Phi) is 3.33. The standard InChI is InChI=1S/C14H17ClFNO/c15-12-6-10(16)7-13-14(12)18-11(8-17-13)5-9-3-1-2-4-9/h6-7,9,11,17H,1-5,8H2. The third-order valence-electron chi connectivity index (χ3n) is 3.88. The molecule has 1 aliphatic heterocycles. The SMILES string of the molecule is Fc1cc(Cl)c2c(c1)NCC(CC1CCCC1)O2. The average Bonchev–Trinajstić information content (AvgIpc) is 2.83. The molecule has 4 heteroatoms. The molecule has 0 spiro atoms. The minimum atomic E-state index is -0.330. The predicted molar refractivity (Wildman–Crippen MR) is 70.9 cm³/mol. The third kappa shape index (κ3) is 2.41. The normalized spacial score (nSPS) is 23.3. The van der Waals surface area contributed by atoms with Gasteiger partial charge in [0.15, 0.2) is 5.75 Å². The molecule has 2 aliphatic rings. The second-order valence-electron chi connectivity index (χ2n) is 5.27. The van der Waals surface area contributed by atoms with Gasteiger partial charge in [0.2, 0.25) is 0 Å². The quantitative estimate of drug-likeness (QED) is 0.867. The van der Waals surface area contributed by atoms with Crippen molar-refractivity contribution in [2.24, 2.45) is 5.92 Å². The molecule has 1 saturated carbocycles. The van der Waals surface area contributed by atoms with Crippen LogP contribution < -0.4 is 10.1 Å². The highest BCUT2D eigenvalue weighted by atomic mass is 35.5. The maximum atomic E-state index is 13.2. The van der Waals surface area contributed by atoms with Crippen LogP contribution in [0.1, 0.15) is 32.1 Å². The maximum absolute atomic E-state index is 13.2. The zero-order valence-corrected chi connectivity index (χ0v) is 11.0.